The molecule has 4 heteroatoms. The van der Waals surface area contributed by atoms with Crippen LogP contribution in [-0.4, -0.2) is 30.9 Å². The molecule has 1 unspecified atom stereocenters. The number of hydrogen-bond acceptors (Lipinski definition) is 4. The molecule has 1 atom stereocenters. The van der Waals surface area contributed by atoms with Crippen molar-refractivity contribution in [1.29, 1.82) is 0 Å². The van der Waals surface area contributed by atoms with Gasteiger partial charge < -0.3 is 10.1 Å². The Bertz CT molecular complexity index is 297. The van der Waals surface area contributed by atoms with E-state index in [0.717, 1.165) is 13.0 Å². The standard InChI is InChI=1S/C13H23NO3/c1-12(2,8-17-9-15)10-5-6-14-13(3,4)7-11(10)16/h9-10,14H,5-8H2,1-4H3. The maximum absolute atomic E-state index is 12.3. The summed E-state index contributed by atoms with van der Waals surface area (Å²) in [7, 11) is 0. The fraction of sp³-hybridized carbons (Fsp3) is 0.846. The Balaban J connectivity index is 2.76. The summed E-state index contributed by atoms with van der Waals surface area (Å²) in [6.07, 6.45) is 1.33. The predicted octanol–water partition coefficient (Wildman–Crippen LogP) is 1.53. The van der Waals surface area contributed by atoms with Crippen molar-refractivity contribution in [3.05, 3.63) is 0 Å². The molecule has 1 fully saturated rings. The van der Waals surface area contributed by atoms with E-state index in [-0.39, 0.29) is 22.7 Å². The highest BCUT2D eigenvalue weighted by Gasteiger charge is 2.39. The number of ketones is 1. The van der Waals surface area contributed by atoms with Crippen molar-refractivity contribution >= 4 is 12.3 Å². The van der Waals surface area contributed by atoms with Gasteiger partial charge in [-0.1, -0.05) is 13.8 Å². The zero-order valence-corrected chi connectivity index (χ0v) is 11.2. The average molecular weight is 241 g/mol. The maximum Gasteiger partial charge on any atom is 0.293 e. The first kappa shape index (κ1) is 14.2. The van der Waals surface area contributed by atoms with Crippen LogP contribution in [-0.2, 0) is 14.3 Å². The van der Waals surface area contributed by atoms with Gasteiger partial charge >= 0.3 is 0 Å². The van der Waals surface area contributed by atoms with Crippen molar-refractivity contribution in [3.63, 3.8) is 0 Å². The predicted molar refractivity (Wildman–Crippen MR) is 65.6 cm³/mol. The smallest absolute Gasteiger partial charge is 0.293 e. The van der Waals surface area contributed by atoms with Crippen molar-refractivity contribution in [2.24, 2.45) is 11.3 Å². The summed E-state index contributed by atoms with van der Waals surface area (Å²) < 4.78 is 4.84. The van der Waals surface area contributed by atoms with Gasteiger partial charge in [0.05, 0.1) is 6.61 Å². The fourth-order valence-corrected chi connectivity index (χ4v) is 2.51. The Morgan fingerprint density at radius 3 is 2.76 bits per heavy atom. The first-order valence-corrected chi connectivity index (χ1v) is 6.11. The summed E-state index contributed by atoms with van der Waals surface area (Å²) in [5, 5.41) is 3.38. The van der Waals surface area contributed by atoms with Gasteiger partial charge in [-0.05, 0) is 26.8 Å². The Hall–Kier alpha value is -0.900. The van der Waals surface area contributed by atoms with Crippen LogP contribution < -0.4 is 5.32 Å². The first-order valence-electron chi connectivity index (χ1n) is 6.11. The third-order valence-electron chi connectivity index (χ3n) is 3.51. The molecule has 1 heterocycles. The van der Waals surface area contributed by atoms with Gasteiger partial charge in [0.15, 0.2) is 0 Å². The molecular weight excluding hydrogens is 218 g/mol. The molecule has 0 aromatic carbocycles. The second-order valence-electron chi connectivity index (χ2n) is 6.19. The molecule has 1 aliphatic heterocycles. The van der Waals surface area contributed by atoms with E-state index in [4.69, 9.17) is 4.74 Å². The van der Waals surface area contributed by atoms with Crippen LogP contribution in [0.4, 0.5) is 0 Å². The zero-order chi connectivity index (χ0) is 13.1. The summed E-state index contributed by atoms with van der Waals surface area (Å²) in [5.74, 6) is 0.219. The molecule has 17 heavy (non-hydrogen) atoms. The molecule has 0 radical (unpaired) electrons. The third kappa shape index (κ3) is 3.80. The molecule has 0 aromatic rings. The monoisotopic (exact) mass is 241 g/mol. The van der Waals surface area contributed by atoms with Gasteiger partial charge in [0.2, 0.25) is 0 Å². The molecule has 1 N–H and O–H groups in total. The Labute approximate surface area is 103 Å². The van der Waals surface area contributed by atoms with E-state index >= 15 is 0 Å². The van der Waals surface area contributed by atoms with Gasteiger partial charge in [0.25, 0.3) is 6.47 Å². The van der Waals surface area contributed by atoms with Crippen molar-refractivity contribution in [1.82, 2.24) is 5.32 Å². The molecule has 0 aliphatic carbocycles. The van der Waals surface area contributed by atoms with Gasteiger partial charge in [-0.25, -0.2) is 0 Å². The van der Waals surface area contributed by atoms with E-state index < -0.39 is 0 Å². The second-order valence-corrected chi connectivity index (χ2v) is 6.19. The molecule has 1 aliphatic rings. The van der Waals surface area contributed by atoms with E-state index in [2.05, 4.69) is 5.32 Å². The quantitative estimate of drug-likeness (QED) is 0.758. The topological polar surface area (TPSA) is 55.4 Å². The van der Waals surface area contributed by atoms with Crippen LogP contribution >= 0.6 is 0 Å². The SMILES string of the molecule is CC1(C)CC(=O)C(C(C)(C)COC=O)CCN1. The van der Waals surface area contributed by atoms with E-state index in [1.165, 1.54) is 0 Å². The van der Waals surface area contributed by atoms with E-state index in [0.29, 0.717) is 19.5 Å². The first-order chi connectivity index (χ1) is 7.78. The zero-order valence-electron chi connectivity index (χ0n) is 11.2. The van der Waals surface area contributed by atoms with Crippen LogP contribution in [0.15, 0.2) is 0 Å². The number of Topliss-reactive ketones (excluding diaryl/α,β-unsaturated/α-hetero) is 1. The third-order valence-corrected chi connectivity index (χ3v) is 3.51. The highest BCUT2D eigenvalue weighted by Crippen LogP contribution is 2.34. The van der Waals surface area contributed by atoms with Crippen LogP contribution in [0.25, 0.3) is 0 Å². The lowest BCUT2D eigenvalue weighted by Crippen LogP contribution is -2.39. The maximum atomic E-state index is 12.3. The lowest BCUT2D eigenvalue weighted by Gasteiger charge is -2.31. The lowest BCUT2D eigenvalue weighted by molar-refractivity contribution is -0.137. The van der Waals surface area contributed by atoms with E-state index in [9.17, 15) is 9.59 Å². The normalized spacial score (nSPS) is 25.2. The van der Waals surface area contributed by atoms with Gasteiger partial charge in [0.1, 0.15) is 5.78 Å². The summed E-state index contributed by atoms with van der Waals surface area (Å²) in [6, 6.07) is 0. The van der Waals surface area contributed by atoms with Gasteiger partial charge in [-0.2, -0.15) is 0 Å². The lowest BCUT2D eigenvalue weighted by atomic mass is 9.74. The number of rotatable bonds is 4. The molecule has 1 rings (SSSR count). The van der Waals surface area contributed by atoms with Crippen LogP contribution in [0.5, 0.6) is 0 Å². The second kappa shape index (κ2) is 5.17. The fourth-order valence-electron chi connectivity index (χ4n) is 2.51. The molecule has 4 nitrogen and oxygen atoms in total. The molecule has 0 saturated carbocycles. The number of carbonyl (C=O) groups is 2. The van der Waals surface area contributed by atoms with Gasteiger partial charge in [-0.15, -0.1) is 0 Å². The van der Waals surface area contributed by atoms with Crippen molar-refractivity contribution < 1.29 is 14.3 Å². The van der Waals surface area contributed by atoms with E-state index in [1.54, 1.807) is 0 Å². The Morgan fingerprint density at radius 1 is 1.53 bits per heavy atom. The molecule has 0 bridgehead atoms. The summed E-state index contributed by atoms with van der Waals surface area (Å²) in [6.45, 7) is 9.63. The summed E-state index contributed by atoms with van der Waals surface area (Å²) >= 11 is 0. The molecule has 1 saturated heterocycles. The molecule has 0 aromatic heterocycles. The Morgan fingerprint density at radius 2 is 2.18 bits per heavy atom. The van der Waals surface area contributed by atoms with Crippen molar-refractivity contribution in [2.75, 3.05) is 13.2 Å². The van der Waals surface area contributed by atoms with Crippen LogP contribution in [0, 0.1) is 11.3 Å². The molecule has 0 amide bonds. The number of carbonyl (C=O) groups excluding carboxylic acids is 2. The highest BCUT2D eigenvalue weighted by atomic mass is 16.5. The number of hydrogen-bond donors (Lipinski definition) is 1. The average Bonchev–Trinajstić information content (AvgIpc) is 2.33. The minimum Gasteiger partial charge on any atom is -0.467 e. The largest absolute Gasteiger partial charge is 0.467 e. The van der Waals surface area contributed by atoms with E-state index in [1.807, 2.05) is 27.7 Å². The van der Waals surface area contributed by atoms with Crippen LogP contribution in [0.2, 0.25) is 0 Å². The Kier molecular flexibility index (Phi) is 4.31. The molecular formula is C13H23NO3. The van der Waals surface area contributed by atoms with Gasteiger partial charge in [0, 0.05) is 23.3 Å². The van der Waals surface area contributed by atoms with Crippen molar-refractivity contribution in [2.45, 2.75) is 46.1 Å². The minimum atomic E-state index is -0.292. The molecule has 98 valence electrons. The number of nitrogens with one attached hydrogen (secondary N) is 1. The van der Waals surface area contributed by atoms with Gasteiger partial charge in [-0.3, -0.25) is 9.59 Å². The highest BCUT2D eigenvalue weighted by molar-refractivity contribution is 5.83. The van der Waals surface area contributed by atoms with Crippen LogP contribution in [0.1, 0.15) is 40.5 Å². The molecule has 0 spiro atoms. The van der Waals surface area contributed by atoms with Crippen LogP contribution in [0.3, 0.4) is 0 Å². The minimum absolute atomic E-state index is 0.0447. The van der Waals surface area contributed by atoms with Crippen molar-refractivity contribution in [3.8, 4) is 0 Å². The number of ether oxygens (including phenoxy) is 1. The summed E-state index contributed by atoms with van der Waals surface area (Å²) in [5.41, 5.74) is -0.423. The summed E-state index contributed by atoms with van der Waals surface area (Å²) in [4.78, 5) is 22.5.